The highest BCUT2D eigenvalue weighted by molar-refractivity contribution is 6.09. The standard InChI is InChI=1S/C38H28N4/c1-27(33-21-13-23-35(39-33)29-15-5-3-6-16-29)41(30-17-7-4-8-18-30)28(2)34-22-14-26-38(40-34)42-36-24-11-9-19-31(36)32-20-10-12-25-37(32)42/h3-26H,1-2H2. The fourth-order valence-corrected chi connectivity index (χ4v) is 5.52. The summed E-state index contributed by atoms with van der Waals surface area (Å²) >= 11 is 0. The molecule has 0 aliphatic rings. The third-order valence-electron chi connectivity index (χ3n) is 7.51. The second-order valence-corrected chi connectivity index (χ2v) is 10.1. The molecule has 0 saturated carbocycles. The summed E-state index contributed by atoms with van der Waals surface area (Å²) in [4.78, 5) is 12.2. The number of hydrogen-bond acceptors (Lipinski definition) is 3. The first-order valence-corrected chi connectivity index (χ1v) is 13.9. The van der Waals surface area contributed by atoms with Crippen molar-refractivity contribution in [2.75, 3.05) is 4.90 Å². The lowest BCUT2D eigenvalue weighted by atomic mass is 10.1. The van der Waals surface area contributed by atoms with Gasteiger partial charge in [0, 0.05) is 22.0 Å². The van der Waals surface area contributed by atoms with Crippen LogP contribution in [0.3, 0.4) is 0 Å². The Morgan fingerprint density at radius 1 is 0.500 bits per heavy atom. The summed E-state index contributed by atoms with van der Waals surface area (Å²) in [5.41, 5.74) is 8.04. The lowest BCUT2D eigenvalue weighted by Crippen LogP contribution is -2.20. The van der Waals surface area contributed by atoms with Gasteiger partial charge in [-0.15, -0.1) is 0 Å². The van der Waals surface area contributed by atoms with Gasteiger partial charge in [0.1, 0.15) is 5.82 Å². The second-order valence-electron chi connectivity index (χ2n) is 10.1. The van der Waals surface area contributed by atoms with E-state index in [1.807, 2.05) is 89.8 Å². The predicted octanol–water partition coefficient (Wildman–Crippen LogP) is 9.39. The highest BCUT2D eigenvalue weighted by Crippen LogP contribution is 2.35. The number of fused-ring (bicyclic) bond motifs is 3. The van der Waals surface area contributed by atoms with E-state index in [1.54, 1.807) is 0 Å². The molecule has 0 radical (unpaired) electrons. The summed E-state index contributed by atoms with van der Waals surface area (Å²) in [5, 5.41) is 2.39. The maximum absolute atomic E-state index is 5.16. The fraction of sp³-hybridized carbons (Fsp3) is 0. The molecule has 0 aliphatic heterocycles. The number of pyridine rings is 2. The van der Waals surface area contributed by atoms with Crippen LogP contribution in [0.15, 0.2) is 159 Å². The number of rotatable bonds is 7. The maximum atomic E-state index is 5.16. The Morgan fingerprint density at radius 3 is 1.67 bits per heavy atom. The van der Waals surface area contributed by atoms with Crippen LogP contribution in [0.5, 0.6) is 0 Å². The van der Waals surface area contributed by atoms with Gasteiger partial charge in [-0.05, 0) is 48.5 Å². The van der Waals surface area contributed by atoms with Gasteiger partial charge in [-0.3, -0.25) is 4.57 Å². The molecule has 7 aromatic rings. The van der Waals surface area contributed by atoms with Crippen molar-refractivity contribution in [2.24, 2.45) is 0 Å². The van der Waals surface area contributed by atoms with Gasteiger partial charge in [0.25, 0.3) is 0 Å². The molecule has 0 unspecified atom stereocenters. The Morgan fingerprint density at radius 2 is 1.02 bits per heavy atom. The van der Waals surface area contributed by atoms with E-state index in [1.165, 1.54) is 10.8 Å². The normalized spacial score (nSPS) is 11.0. The molecule has 42 heavy (non-hydrogen) atoms. The van der Waals surface area contributed by atoms with Crippen molar-refractivity contribution in [1.82, 2.24) is 14.5 Å². The maximum Gasteiger partial charge on any atom is 0.138 e. The Labute approximate surface area is 245 Å². The van der Waals surface area contributed by atoms with Crippen LogP contribution in [-0.2, 0) is 0 Å². The summed E-state index contributed by atoms with van der Waals surface area (Å²) < 4.78 is 2.22. The van der Waals surface area contributed by atoms with Crippen LogP contribution in [0.2, 0.25) is 0 Å². The minimum Gasteiger partial charge on any atom is -0.307 e. The minimum atomic E-state index is 0.709. The first-order valence-electron chi connectivity index (χ1n) is 13.9. The number of hydrogen-bond donors (Lipinski definition) is 0. The molecule has 4 nitrogen and oxygen atoms in total. The summed E-state index contributed by atoms with van der Waals surface area (Å²) in [6, 6.07) is 49.3. The smallest absolute Gasteiger partial charge is 0.138 e. The molecule has 0 saturated heterocycles. The molecule has 3 heterocycles. The zero-order valence-corrected chi connectivity index (χ0v) is 23.1. The summed E-state index contributed by atoms with van der Waals surface area (Å²) in [6.07, 6.45) is 0. The lowest BCUT2D eigenvalue weighted by Gasteiger charge is -2.28. The van der Waals surface area contributed by atoms with E-state index in [4.69, 9.17) is 9.97 Å². The first kappa shape index (κ1) is 25.2. The minimum absolute atomic E-state index is 0.709. The van der Waals surface area contributed by atoms with Gasteiger partial charge in [-0.2, -0.15) is 0 Å². The van der Waals surface area contributed by atoms with Gasteiger partial charge in [0.15, 0.2) is 0 Å². The van der Waals surface area contributed by atoms with Gasteiger partial charge >= 0.3 is 0 Å². The highest BCUT2D eigenvalue weighted by atomic mass is 15.2. The molecule has 0 spiro atoms. The van der Waals surface area contributed by atoms with E-state index in [9.17, 15) is 0 Å². The molecule has 4 aromatic carbocycles. The van der Waals surface area contributed by atoms with Gasteiger partial charge in [0.05, 0.1) is 39.5 Å². The molecular formula is C38H28N4. The van der Waals surface area contributed by atoms with Crippen molar-refractivity contribution in [2.45, 2.75) is 0 Å². The van der Waals surface area contributed by atoms with Gasteiger partial charge in [0.2, 0.25) is 0 Å². The first-order chi connectivity index (χ1) is 20.7. The van der Waals surface area contributed by atoms with Crippen LogP contribution >= 0.6 is 0 Å². The zero-order valence-electron chi connectivity index (χ0n) is 23.1. The molecule has 7 rings (SSSR count). The number of aromatic nitrogens is 3. The Bertz CT molecular complexity index is 2020. The third kappa shape index (κ3) is 4.45. The van der Waals surface area contributed by atoms with Crippen LogP contribution in [0.4, 0.5) is 5.69 Å². The third-order valence-corrected chi connectivity index (χ3v) is 7.51. The molecule has 0 bridgehead atoms. The average Bonchev–Trinajstić information content (AvgIpc) is 3.40. The van der Waals surface area contributed by atoms with Crippen LogP contribution in [0, 0.1) is 0 Å². The van der Waals surface area contributed by atoms with E-state index in [0.29, 0.717) is 11.4 Å². The zero-order chi connectivity index (χ0) is 28.5. The molecular weight excluding hydrogens is 512 g/mol. The van der Waals surface area contributed by atoms with Crippen molar-refractivity contribution < 1.29 is 0 Å². The molecule has 200 valence electrons. The largest absolute Gasteiger partial charge is 0.307 e. The van der Waals surface area contributed by atoms with Crippen molar-refractivity contribution in [3.05, 3.63) is 170 Å². The lowest BCUT2D eigenvalue weighted by molar-refractivity contribution is 1.06. The molecule has 0 atom stereocenters. The topological polar surface area (TPSA) is 34.0 Å². The van der Waals surface area contributed by atoms with Gasteiger partial charge < -0.3 is 4.90 Å². The van der Waals surface area contributed by atoms with Crippen molar-refractivity contribution in [3.63, 3.8) is 0 Å². The quantitative estimate of drug-likeness (QED) is 0.202. The Balaban J connectivity index is 1.33. The summed E-state index contributed by atoms with van der Waals surface area (Å²) in [5.74, 6) is 0.828. The number of benzene rings is 4. The molecule has 0 fully saturated rings. The average molecular weight is 541 g/mol. The van der Waals surface area contributed by atoms with Gasteiger partial charge in [-0.25, -0.2) is 9.97 Å². The Hall–Kier alpha value is -5.74. The van der Waals surface area contributed by atoms with Crippen LogP contribution < -0.4 is 4.90 Å². The van der Waals surface area contributed by atoms with Crippen molar-refractivity contribution in [3.8, 4) is 17.1 Å². The van der Waals surface area contributed by atoms with Crippen LogP contribution in [0.25, 0.3) is 50.3 Å². The predicted molar refractivity (Wildman–Crippen MR) is 175 cm³/mol. The number of nitrogens with zero attached hydrogens (tertiary/aromatic N) is 4. The molecule has 0 N–H and O–H groups in total. The SMILES string of the molecule is C=C(c1cccc(-c2ccccc2)n1)N(C(=C)c1cccc(-n2c3ccccc3c3ccccc32)n1)c1ccccc1. The molecule has 0 amide bonds. The van der Waals surface area contributed by atoms with Crippen molar-refractivity contribution >= 4 is 38.9 Å². The van der Waals surface area contributed by atoms with Gasteiger partial charge in [-0.1, -0.05) is 110 Å². The molecule has 3 aromatic heterocycles. The highest BCUT2D eigenvalue weighted by Gasteiger charge is 2.20. The summed E-state index contributed by atoms with van der Waals surface area (Å²) in [7, 11) is 0. The second kappa shape index (κ2) is 10.7. The van der Waals surface area contributed by atoms with Crippen LogP contribution in [-0.4, -0.2) is 14.5 Å². The molecule has 0 aliphatic carbocycles. The van der Waals surface area contributed by atoms with E-state index in [0.717, 1.165) is 45.2 Å². The van der Waals surface area contributed by atoms with Crippen molar-refractivity contribution in [1.29, 1.82) is 0 Å². The van der Waals surface area contributed by atoms with E-state index in [-0.39, 0.29) is 0 Å². The Kier molecular flexibility index (Phi) is 6.42. The number of para-hydroxylation sites is 3. The number of anilines is 1. The monoisotopic (exact) mass is 540 g/mol. The van der Waals surface area contributed by atoms with Crippen LogP contribution in [0.1, 0.15) is 11.4 Å². The van der Waals surface area contributed by atoms with E-state index >= 15 is 0 Å². The van der Waals surface area contributed by atoms with E-state index < -0.39 is 0 Å². The fourth-order valence-electron chi connectivity index (χ4n) is 5.52. The summed E-state index contributed by atoms with van der Waals surface area (Å²) in [6.45, 7) is 9.05. The van der Waals surface area contributed by atoms with E-state index in [2.05, 4.69) is 78.4 Å². The molecule has 4 heteroatoms.